The average Bonchev–Trinajstić information content (AvgIpc) is 2.51. The molecule has 6 heteroatoms. The van der Waals surface area contributed by atoms with Crippen LogP contribution in [-0.4, -0.2) is 22.6 Å². The number of hydrogen-bond donors (Lipinski definition) is 1. The molecule has 0 aliphatic heterocycles. The lowest BCUT2D eigenvalue weighted by Crippen LogP contribution is -2.23. The smallest absolute Gasteiger partial charge is 0.349 e. The number of aromatic nitrogens is 2. The Hall–Kier alpha value is -2.63. The van der Waals surface area contributed by atoms with Gasteiger partial charge >= 0.3 is 5.69 Å². The molecule has 0 saturated carbocycles. The number of carbonyl (C=O) groups is 1. The van der Waals surface area contributed by atoms with Gasteiger partial charge in [-0.15, -0.1) is 0 Å². The molecule has 0 aliphatic rings. The molecule has 22 heavy (non-hydrogen) atoms. The lowest BCUT2D eigenvalue weighted by molar-refractivity contribution is -0.116. The normalized spacial score (nSPS) is 11.8. The molecule has 1 heterocycles. The van der Waals surface area contributed by atoms with E-state index in [9.17, 15) is 9.59 Å². The van der Waals surface area contributed by atoms with Gasteiger partial charge in [-0.25, -0.2) is 4.79 Å². The number of nitrogens with one attached hydrogen (secondary N) is 1. The van der Waals surface area contributed by atoms with Crippen molar-refractivity contribution in [2.45, 2.75) is 19.3 Å². The predicted molar refractivity (Wildman–Crippen MR) is 84.1 cm³/mol. The van der Waals surface area contributed by atoms with Crippen molar-refractivity contribution in [2.24, 2.45) is 7.05 Å². The zero-order chi connectivity index (χ0) is 16.1. The van der Waals surface area contributed by atoms with Crippen LogP contribution in [0, 0.1) is 0 Å². The first kappa shape index (κ1) is 15.8. The fourth-order valence-corrected chi connectivity index (χ4v) is 2.06. The standard InChI is InChI=1S/C16H19N3O3/c1-11(12-4-6-13(22-3)7-5-12)10-15(20)17-14-8-9-19(2)16(21)18-14/h4-9,11H,10H2,1-3H3,(H,17,18,20,21). The average molecular weight is 301 g/mol. The van der Waals surface area contributed by atoms with Crippen LogP contribution in [0.3, 0.4) is 0 Å². The molecule has 1 aromatic heterocycles. The van der Waals surface area contributed by atoms with Crippen LogP contribution in [0.2, 0.25) is 0 Å². The topological polar surface area (TPSA) is 73.2 Å². The SMILES string of the molecule is COc1ccc(C(C)CC(=O)Nc2ccn(C)c(=O)n2)cc1. The Kier molecular flexibility index (Phi) is 4.93. The third kappa shape index (κ3) is 3.94. The van der Waals surface area contributed by atoms with Crippen LogP contribution < -0.4 is 15.7 Å². The first-order valence-corrected chi connectivity index (χ1v) is 6.97. The van der Waals surface area contributed by atoms with Crippen LogP contribution in [0.25, 0.3) is 0 Å². The van der Waals surface area contributed by atoms with E-state index < -0.39 is 5.69 Å². The molecule has 2 aromatic rings. The van der Waals surface area contributed by atoms with E-state index in [0.29, 0.717) is 6.42 Å². The maximum absolute atomic E-state index is 12.0. The lowest BCUT2D eigenvalue weighted by Gasteiger charge is -2.12. The first-order valence-electron chi connectivity index (χ1n) is 6.97. The van der Waals surface area contributed by atoms with Gasteiger partial charge in [0.15, 0.2) is 0 Å². The number of nitrogens with zero attached hydrogens (tertiary/aromatic N) is 2. The number of hydrogen-bond acceptors (Lipinski definition) is 4. The molecule has 1 unspecified atom stereocenters. The minimum atomic E-state index is -0.402. The second kappa shape index (κ2) is 6.89. The Morgan fingerprint density at radius 2 is 2.00 bits per heavy atom. The second-order valence-corrected chi connectivity index (χ2v) is 5.13. The summed E-state index contributed by atoms with van der Waals surface area (Å²) in [6, 6.07) is 9.20. The molecule has 0 spiro atoms. The van der Waals surface area contributed by atoms with Crippen molar-refractivity contribution in [1.29, 1.82) is 0 Å². The molecule has 1 amide bonds. The highest BCUT2D eigenvalue weighted by Crippen LogP contribution is 2.22. The van der Waals surface area contributed by atoms with Gasteiger partial charge in [-0.05, 0) is 29.7 Å². The van der Waals surface area contributed by atoms with Crippen molar-refractivity contribution in [3.8, 4) is 5.75 Å². The molecule has 116 valence electrons. The largest absolute Gasteiger partial charge is 0.497 e. The minimum Gasteiger partial charge on any atom is -0.497 e. The van der Waals surface area contributed by atoms with E-state index in [2.05, 4.69) is 10.3 Å². The van der Waals surface area contributed by atoms with Gasteiger partial charge in [0, 0.05) is 19.7 Å². The van der Waals surface area contributed by atoms with Gasteiger partial charge in [0.25, 0.3) is 0 Å². The number of rotatable bonds is 5. The van der Waals surface area contributed by atoms with Gasteiger partial charge in [-0.2, -0.15) is 4.98 Å². The molecule has 2 rings (SSSR count). The number of amides is 1. The van der Waals surface area contributed by atoms with Gasteiger partial charge < -0.3 is 14.6 Å². The molecule has 0 bridgehead atoms. The molecular formula is C16H19N3O3. The summed E-state index contributed by atoms with van der Waals surface area (Å²) in [5.74, 6) is 0.932. The number of methoxy groups -OCH3 is 1. The van der Waals surface area contributed by atoms with Gasteiger partial charge in [-0.1, -0.05) is 19.1 Å². The van der Waals surface area contributed by atoms with E-state index in [0.717, 1.165) is 11.3 Å². The molecule has 1 aromatic carbocycles. The summed E-state index contributed by atoms with van der Waals surface area (Å²) >= 11 is 0. The van der Waals surface area contributed by atoms with Crippen LogP contribution in [0.5, 0.6) is 5.75 Å². The maximum atomic E-state index is 12.0. The molecular weight excluding hydrogens is 282 g/mol. The van der Waals surface area contributed by atoms with Crippen molar-refractivity contribution in [3.63, 3.8) is 0 Å². The molecule has 0 radical (unpaired) electrons. The number of anilines is 1. The third-order valence-electron chi connectivity index (χ3n) is 3.42. The molecule has 0 fully saturated rings. The zero-order valence-corrected chi connectivity index (χ0v) is 12.9. The summed E-state index contributed by atoms with van der Waals surface area (Å²) < 4.78 is 6.45. The quantitative estimate of drug-likeness (QED) is 0.915. The van der Waals surface area contributed by atoms with Crippen molar-refractivity contribution in [1.82, 2.24) is 9.55 Å². The van der Waals surface area contributed by atoms with Gasteiger partial charge in [0.05, 0.1) is 7.11 Å². The Balaban J connectivity index is 1.98. The molecule has 1 atom stereocenters. The zero-order valence-electron chi connectivity index (χ0n) is 12.9. The van der Waals surface area contributed by atoms with E-state index in [1.165, 1.54) is 4.57 Å². The van der Waals surface area contributed by atoms with E-state index >= 15 is 0 Å². The van der Waals surface area contributed by atoms with E-state index in [-0.39, 0.29) is 17.6 Å². The number of aryl methyl sites for hydroxylation is 1. The number of ether oxygens (including phenoxy) is 1. The number of carbonyl (C=O) groups excluding carboxylic acids is 1. The Morgan fingerprint density at radius 1 is 1.32 bits per heavy atom. The van der Waals surface area contributed by atoms with Crippen molar-refractivity contribution >= 4 is 11.7 Å². The van der Waals surface area contributed by atoms with E-state index in [4.69, 9.17) is 4.74 Å². The Bertz CT molecular complexity index is 707. The predicted octanol–water partition coefficient (Wildman–Crippen LogP) is 1.92. The summed E-state index contributed by atoms with van der Waals surface area (Å²) in [7, 11) is 3.22. The summed E-state index contributed by atoms with van der Waals surface area (Å²) in [5.41, 5.74) is 0.647. The van der Waals surface area contributed by atoms with Crippen LogP contribution in [-0.2, 0) is 11.8 Å². The maximum Gasteiger partial charge on any atom is 0.349 e. The van der Waals surface area contributed by atoms with Crippen molar-refractivity contribution in [3.05, 3.63) is 52.6 Å². The Labute approximate surface area is 128 Å². The summed E-state index contributed by atoms with van der Waals surface area (Å²) in [4.78, 5) is 27.2. The first-order chi connectivity index (χ1) is 10.5. The molecule has 0 aliphatic carbocycles. The summed E-state index contributed by atoms with van der Waals surface area (Å²) in [6.07, 6.45) is 1.88. The highest BCUT2D eigenvalue weighted by Gasteiger charge is 2.12. The minimum absolute atomic E-state index is 0.0532. The van der Waals surface area contributed by atoms with Gasteiger partial charge in [-0.3, -0.25) is 4.79 Å². The Morgan fingerprint density at radius 3 is 2.59 bits per heavy atom. The monoisotopic (exact) mass is 301 g/mol. The van der Waals surface area contributed by atoms with Gasteiger partial charge in [0.2, 0.25) is 5.91 Å². The lowest BCUT2D eigenvalue weighted by atomic mass is 9.97. The number of benzene rings is 1. The highest BCUT2D eigenvalue weighted by molar-refractivity contribution is 5.90. The molecule has 6 nitrogen and oxygen atoms in total. The van der Waals surface area contributed by atoms with Crippen molar-refractivity contribution < 1.29 is 9.53 Å². The summed E-state index contributed by atoms with van der Waals surface area (Å²) in [6.45, 7) is 1.97. The fourth-order valence-electron chi connectivity index (χ4n) is 2.06. The highest BCUT2D eigenvalue weighted by atomic mass is 16.5. The summed E-state index contributed by atoms with van der Waals surface area (Å²) in [5, 5.41) is 2.65. The van der Waals surface area contributed by atoms with E-state index in [1.54, 1.807) is 26.4 Å². The van der Waals surface area contributed by atoms with E-state index in [1.807, 2.05) is 31.2 Å². The van der Waals surface area contributed by atoms with Gasteiger partial charge in [0.1, 0.15) is 11.6 Å². The molecule has 1 N–H and O–H groups in total. The van der Waals surface area contributed by atoms with Crippen LogP contribution in [0.4, 0.5) is 5.82 Å². The van der Waals surface area contributed by atoms with Crippen LogP contribution in [0.1, 0.15) is 24.8 Å². The van der Waals surface area contributed by atoms with Crippen LogP contribution >= 0.6 is 0 Å². The van der Waals surface area contributed by atoms with Crippen LogP contribution in [0.15, 0.2) is 41.3 Å². The molecule has 0 saturated heterocycles. The second-order valence-electron chi connectivity index (χ2n) is 5.13. The third-order valence-corrected chi connectivity index (χ3v) is 3.42. The fraction of sp³-hybridized carbons (Fsp3) is 0.312. The van der Waals surface area contributed by atoms with Crippen molar-refractivity contribution in [2.75, 3.05) is 12.4 Å².